The molecule has 0 amide bonds. The van der Waals surface area contributed by atoms with Crippen LogP contribution in [0.15, 0.2) is 77.6 Å². The van der Waals surface area contributed by atoms with Crippen LogP contribution < -0.4 is 11.3 Å². The van der Waals surface area contributed by atoms with Crippen molar-refractivity contribution in [1.29, 1.82) is 0 Å². The molecule has 1 unspecified atom stereocenters. The van der Waals surface area contributed by atoms with Crippen LogP contribution in [0.1, 0.15) is 23.0 Å². The molecule has 4 aromatic rings. The summed E-state index contributed by atoms with van der Waals surface area (Å²) in [6.45, 7) is 2.00. The average molecular weight is 376 g/mol. The van der Waals surface area contributed by atoms with Gasteiger partial charge in [-0.25, -0.2) is 4.98 Å². The Labute approximate surface area is 161 Å². The van der Waals surface area contributed by atoms with Crippen molar-refractivity contribution in [3.05, 3.63) is 105 Å². The summed E-state index contributed by atoms with van der Waals surface area (Å²) >= 11 is 6.03. The van der Waals surface area contributed by atoms with Crippen molar-refractivity contribution in [1.82, 2.24) is 9.55 Å². The smallest absolute Gasteiger partial charge is 0.266 e. The van der Waals surface area contributed by atoms with Gasteiger partial charge in [-0.1, -0.05) is 48.0 Å². The van der Waals surface area contributed by atoms with Crippen LogP contribution in [0.4, 0.5) is 0 Å². The van der Waals surface area contributed by atoms with Crippen LogP contribution in [-0.2, 0) is 0 Å². The molecule has 1 atom stereocenters. The molecule has 134 valence electrons. The summed E-state index contributed by atoms with van der Waals surface area (Å²) in [5.41, 5.74) is 9.74. The van der Waals surface area contributed by atoms with Gasteiger partial charge in [0.05, 0.1) is 22.6 Å². The van der Waals surface area contributed by atoms with E-state index >= 15 is 0 Å². The number of para-hydroxylation sites is 1. The maximum atomic E-state index is 13.3. The van der Waals surface area contributed by atoms with Gasteiger partial charge in [0.1, 0.15) is 5.82 Å². The summed E-state index contributed by atoms with van der Waals surface area (Å²) in [5, 5.41) is 1.15. The number of rotatable bonds is 3. The third-order valence-corrected chi connectivity index (χ3v) is 4.94. The first-order valence-electron chi connectivity index (χ1n) is 8.65. The molecule has 0 saturated carbocycles. The average Bonchev–Trinajstić information content (AvgIpc) is 2.69. The molecule has 0 fully saturated rings. The van der Waals surface area contributed by atoms with Gasteiger partial charge in [-0.05, 0) is 54.4 Å². The van der Waals surface area contributed by atoms with E-state index in [0.717, 1.165) is 11.1 Å². The Morgan fingerprint density at radius 2 is 1.63 bits per heavy atom. The van der Waals surface area contributed by atoms with Gasteiger partial charge >= 0.3 is 0 Å². The molecule has 0 spiro atoms. The number of aromatic nitrogens is 2. The van der Waals surface area contributed by atoms with Crippen molar-refractivity contribution in [2.45, 2.75) is 13.0 Å². The minimum atomic E-state index is -0.542. The van der Waals surface area contributed by atoms with E-state index in [2.05, 4.69) is 0 Å². The van der Waals surface area contributed by atoms with Crippen LogP contribution in [0.2, 0.25) is 5.02 Å². The van der Waals surface area contributed by atoms with E-state index in [-0.39, 0.29) is 5.56 Å². The standard InChI is InChI=1S/C22H18ClN3O/c1-14-6-2-3-7-17(14)20(24)21-25-19-9-5-4-8-18(19)22(27)26(21)16-12-10-15(23)11-13-16/h2-13,20H,24H2,1H3. The van der Waals surface area contributed by atoms with Crippen LogP contribution >= 0.6 is 11.6 Å². The number of hydrogen-bond donors (Lipinski definition) is 1. The van der Waals surface area contributed by atoms with E-state index in [9.17, 15) is 4.79 Å². The van der Waals surface area contributed by atoms with Crippen molar-refractivity contribution in [2.24, 2.45) is 5.73 Å². The first-order chi connectivity index (χ1) is 13.1. The number of fused-ring (bicyclic) bond motifs is 1. The molecular weight excluding hydrogens is 358 g/mol. The number of halogens is 1. The van der Waals surface area contributed by atoms with Crippen LogP contribution in [0.5, 0.6) is 0 Å². The molecule has 3 aromatic carbocycles. The maximum absolute atomic E-state index is 13.3. The SMILES string of the molecule is Cc1ccccc1C(N)c1nc2ccccc2c(=O)n1-c1ccc(Cl)cc1. The fourth-order valence-corrected chi connectivity index (χ4v) is 3.40. The van der Waals surface area contributed by atoms with Gasteiger partial charge < -0.3 is 5.73 Å². The fraction of sp³-hybridized carbons (Fsp3) is 0.0909. The molecule has 0 aliphatic rings. The number of aryl methyl sites for hydroxylation is 1. The molecule has 0 aliphatic carbocycles. The van der Waals surface area contributed by atoms with E-state index < -0.39 is 6.04 Å². The van der Waals surface area contributed by atoms with Gasteiger partial charge in [0.2, 0.25) is 0 Å². The van der Waals surface area contributed by atoms with Crippen molar-refractivity contribution < 1.29 is 0 Å². The zero-order valence-corrected chi connectivity index (χ0v) is 15.5. The molecule has 0 bridgehead atoms. The predicted molar refractivity (Wildman–Crippen MR) is 110 cm³/mol. The van der Waals surface area contributed by atoms with Crippen LogP contribution in [0.3, 0.4) is 0 Å². The first-order valence-corrected chi connectivity index (χ1v) is 9.03. The van der Waals surface area contributed by atoms with Gasteiger partial charge in [-0.2, -0.15) is 0 Å². The fourth-order valence-electron chi connectivity index (χ4n) is 3.27. The molecule has 2 N–H and O–H groups in total. The van der Waals surface area contributed by atoms with Crippen molar-refractivity contribution in [3.63, 3.8) is 0 Å². The highest BCUT2D eigenvalue weighted by Gasteiger charge is 2.20. The van der Waals surface area contributed by atoms with E-state index in [1.807, 2.05) is 49.4 Å². The van der Waals surface area contributed by atoms with Crippen molar-refractivity contribution in [2.75, 3.05) is 0 Å². The second-order valence-electron chi connectivity index (χ2n) is 6.44. The van der Waals surface area contributed by atoms with Crippen molar-refractivity contribution >= 4 is 22.5 Å². The Hall–Kier alpha value is -2.95. The lowest BCUT2D eigenvalue weighted by atomic mass is 10.0. The highest BCUT2D eigenvalue weighted by Crippen LogP contribution is 2.24. The zero-order valence-electron chi connectivity index (χ0n) is 14.8. The molecule has 0 radical (unpaired) electrons. The number of nitrogens with two attached hydrogens (primary N) is 1. The zero-order chi connectivity index (χ0) is 19.0. The number of nitrogens with zero attached hydrogens (tertiary/aromatic N) is 2. The van der Waals surface area contributed by atoms with Gasteiger partial charge in [-0.3, -0.25) is 9.36 Å². The molecule has 4 rings (SSSR count). The molecule has 0 saturated heterocycles. The van der Waals surface area contributed by atoms with E-state index in [1.54, 1.807) is 34.9 Å². The Bertz CT molecular complexity index is 1180. The minimum Gasteiger partial charge on any atom is -0.318 e. The Kier molecular flexibility index (Phi) is 4.52. The Morgan fingerprint density at radius 3 is 2.37 bits per heavy atom. The normalized spacial score (nSPS) is 12.3. The van der Waals surface area contributed by atoms with Crippen molar-refractivity contribution in [3.8, 4) is 5.69 Å². The van der Waals surface area contributed by atoms with E-state index in [1.165, 1.54) is 0 Å². The molecule has 1 heterocycles. The molecular formula is C22H18ClN3O. The lowest BCUT2D eigenvalue weighted by Crippen LogP contribution is -2.29. The monoisotopic (exact) mass is 375 g/mol. The predicted octanol–water partition coefficient (Wildman–Crippen LogP) is 4.40. The largest absolute Gasteiger partial charge is 0.318 e. The Morgan fingerprint density at radius 1 is 0.963 bits per heavy atom. The third-order valence-electron chi connectivity index (χ3n) is 4.69. The lowest BCUT2D eigenvalue weighted by Gasteiger charge is -2.20. The summed E-state index contributed by atoms with van der Waals surface area (Å²) in [7, 11) is 0. The summed E-state index contributed by atoms with van der Waals surface area (Å²) in [6, 6.07) is 21.7. The van der Waals surface area contributed by atoms with E-state index in [4.69, 9.17) is 22.3 Å². The number of hydrogen-bond acceptors (Lipinski definition) is 3. The molecule has 4 nitrogen and oxygen atoms in total. The molecule has 5 heteroatoms. The van der Waals surface area contributed by atoms with Crippen LogP contribution in [0, 0.1) is 6.92 Å². The lowest BCUT2D eigenvalue weighted by molar-refractivity contribution is 0.725. The topological polar surface area (TPSA) is 60.9 Å². The molecule has 27 heavy (non-hydrogen) atoms. The van der Waals surface area contributed by atoms with E-state index in [0.29, 0.717) is 27.4 Å². The highest BCUT2D eigenvalue weighted by atomic mass is 35.5. The third kappa shape index (κ3) is 3.14. The molecule has 0 aliphatic heterocycles. The summed E-state index contributed by atoms with van der Waals surface area (Å²) in [5.74, 6) is 0.496. The quantitative estimate of drug-likeness (QED) is 0.577. The summed E-state index contributed by atoms with van der Waals surface area (Å²) in [4.78, 5) is 18.0. The highest BCUT2D eigenvalue weighted by molar-refractivity contribution is 6.30. The number of benzene rings is 3. The second kappa shape index (κ2) is 6.99. The second-order valence-corrected chi connectivity index (χ2v) is 6.87. The van der Waals surface area contributed by atoms with Gasteiger partial charge in [-0.15, -0.1) is 0 Å². The van der Waals surface area contributed by atoms with Crippen LogP contribution in [0.25, 0.3) is 16.6 Å². The molecule has 1 aromatic heterocycles. The van der Waals surface area contributed by atoms with Gasteiger partial charge in [0.15, 0.2) is 0 Å². The summed E-state index contributed by atoms with van der Waals surface area (Å²) in [6.07, 6.45) is 0. The first kappa shape index (κ1) is 17.5. The Balaban J connectivity index is 2.04. The summed E-state index contributed by atoms with van der Waals surface area (Å²) < 4.78 is 1.58. The maximum Gasteiger partial charge on any atom is 0.266 e. The van der Waals surface area contributed by atoms with Gasteiger partial charge in [0, 0.05) is 5.02 Å². The minimum absolute atomic E-state index is 0.151. The van der Waals surface area contributed by atoms with Crippen LogP contribution in [-0.4, -0.2) is 9.55 Å². The van der Waals surface area contributed by atoms with Gasteiger partial charge in [0.25, 0.3) is 5.56 Å².